The average molecular weight is 251 g/mol. The lowest BCUT2D eigenvalue weighted by Gasteiger charge is -2.21. The Hall–Kier alpha value is -0.960. The van der Waals surface area contributed by atoms with Crippen LogP contribution in [0.15, 0.2) is 35.2 Å². The summed E-state index contributed by atoms with van der Waals surface area (Å²) in [5.74, 6) is 0.798. The first kappa shape index (κ1) is 14.1. The van der Waals surface area contributed by atoms with Gasteiger partial charge in [-0.15, -0.1) is 11.8 Å². The van der Waals surface area contributed by atoms with E-state index in [4.69, 9.17) is 0 Å². The fourth-order valence-corrected chi connectivity index (χ4v) is 2.48. The molecule has 1 aromatic rings. The van der Waals surface area contributed by atoms with Crippen LogP contribution < -0.4 is 0 Å². The average Bonchev–Trinajstić information content (AvgIpc) is 2.37. The molecule has 0 bridgehead atoms. The van der Waals surface area contributed by atoms with Crippen LogP contribution in [0.4, 0.5) is 0 Å². The number of hydrogen-bond donors (Lipinski definition) is 0. The molecule has 1 aromatic carbocycles. The Labute approximate surface area is 108 Å². The van der Waals surface area contributed by atoms with E-state index in [-0.39, 0.29) is 5.91 Å². The second-order valence-corrected chi connectivity index (χ2v) is 5.03. The molecule has 1 rings (SSSR count). The summed E-state index contributed by atoms with van der Waals surface area (Å²) in [5.41, 5.74) is 0. The minimum atomic E-state index is 0.252. The highest BCUT2D eigenvalue weighted by Gasteiger charge is 2.11. The Morgan fingerprint density at radius 1 is 1.12 bits per heavy atom. The second-order valence-electron chi connectivity index (χ2n) is 3.98. The summed E-state index contributed by atoms with van der Waals surface area (Å²) in [5, 5.41) is 0. The molecule has 2 nitrogen and oxygen atoms in total. The van der Waals surface area contributed by atoms with Gasteiger partial charge >= 0.3 is 0 Å². The third-order valence-corrected chi connectivity index (χ3v) is 3.44. The highest BCUT2D eigenvalue weighted by molar-refractivity contribution is 8.00. The van der Waals surface area contributed by atoms with E-state index in [0.29, 0.717) is 5.75 Å². The molecular formula is C14H21NOS. The molecule has 94 valence electrons. The van der Waals surface area contributed by atoms with Gasteiger partial charge in [-0.2, -0.15) is 0 Å². The number of carbonyl (C=O) groups excluding carboxylic acids is 1. The lowest BCUT2D eigenvalue weighted by molar-refractivity contribution is -0.128. The summed E-state index contributed by atoms with van der Waals surface area (Å²) in [7, 11) is 0. The maximum absolute atomic E-state index is 12.0. The third kappa shape index (κ3) is 5.26. The van der Waals surface area contributed by atoms with Crippen molar-refractivity contribution >= 4 is 17.7 Å². The standard InChI is InChI=1S/C14H21NOS/c1-3-10-15(11-4-2)14(16)12-17-13-8-6-5-7-9-13/h5-9H,3-4,10-12H2,1-2H3. The highest BCUT2D eigenvalue weighted by atomic mass is 32.2. The minimum absolute atomic E-state index is 0.252. The molecule has 0 aliphatic carbocycles. The Balaban J connectivity index is 2.41. The topological polar surface area (TPSA) is 20.3 Å². The third-order valence-electron chi connectivity index (χ3n) is 2.45. The van der Waals surface area contributed by atoms with E-state index in [0.717, 1.165) is 30.8 Å². The van der Waals surface area contributed by atoms with E-state index in [9.17, 15) is 4.79 Å². The van der Waals surface area contributed by atoms with Gasteiger partial charge in [-0.3, -0.25) is 4.79 Å². The van der Waals surface area contributed by atoms with Crippen LogP contribution in [0.25, 0.3) is 0 Å². The molecule has 3 heteroatoms. The Kier molecular flexibility index (Phi) is 6.78. The molecule has 0 spiro atoms. The Bertz CT molecular complexity index is 320. The van der Waals surface area contributed by atoms with Gasteiger partial charge in [0.1, 0.15) is 0 Å². The Morgan fingerprint density at radius 2 is 1.71 bits per heavy atom. The van der Waals surface area contributed by atoms with Crippen LogP contribution in [0, 0.1) is 0 Å². The molecule has 17 heavy (non-hydrogen) atoms. The molecule has 0 N–H and O–H groups in total. The quantitative estimate of drug-likeness (QED) is 0.692. The highest BCUT2D eigenvalue weighted by Crippen LogP contribution is 2.17. The molecule has 0 unspecified atom stereocenters. The van der Waals surface area contributed by atoms with E-state index >= 15 is 0 Å². The van der Waals surface area contributed by atoms with E-state index < -0.39 is 0 Å². The number of carbonyl (C=O) groups is 1. The van der Waals surface area contributed by atoms with Crippen molar-refractivity contribution in [3.8, 4) is 0 Å². The van der Waals surface area contributed by atoms with Crippen molar-refractivity contribution in [1.82, 2.24) is 4.90 Å². The molecule has 0 fully saturated rings. The maximum Gasteiger partial charge on any atom is 0.232 e. The van der Waals surface area contributed by atoms with Crippen molar-refractivity contribution in [1.29, 1.82) is 0 Å². The summed E-state index contributed by atoms with van der Waals surface area (Å²) >= 11 is 1.62. The number of amides is 1. The first-order valence-electron chi connectivity index (χ1n) is 6.23. The van der Waals surface area contributed by atoms with Gasteiger partial charge in [0.2, 0.25) is 5.91 Å². The lowest BCUT2D eigenvalue weighted by Crippen LogP contribution is -2.33. The van der Waals surface area contributed by atoms with Gasteiger partial charge in [0, 0.05) is 18.0 Å². The van der Waals surface area contributed by atoms with Gasteiger partial charge in [-0.05, 0) is 25.0 Å². The van der Waals surface area contributed by atoms with Crippen molar-refractivity contribution < 1.29 is 4.79 Å². The van der Waals surface area contributed by atoms with Gasteiger partial charge in [0.15, 0.2) is 0 Å². The van der Waals surface area contributed by atoms with Crippen LogP contribution in [0.1, 0.15) is 26.7 Å². The van der Waals surface area contributed by atoms with Crippen molar-refractivity contribution in [3.63, 3.8) is 0 Å². The predicted molar refractivity (Wildman–Crippen MR) is 74.3 cm³/mol. The van der Waals surface area contributed by atoms with Crippen LogP contribution in [-0.2, 0) is 4.79 Å². The van der Waals surface area contributed by atoms with Gasteiger partial charge in [0.05, 0.1) is 5.75 Å². The van der Waals surface area contributed by atoms with Crippen LogP contribution in [-0.4, -0.2) is 29.6 Å². The zero-order valence-corrected chi connectivity index (χ0v) is 11.5. The molecule has 1 amide bonds. The fourth-order valence-electron chi connectivity index (χ4n) is 1.65. The predicted octanol–water partition coefficient (Wildman–Crippen LogP) is 3.43. The number of thioether (sulfide) groups is 1. The summed E-state index contributed by atoms with van der Waals surface area (Å²) in [6.07, 6.45) is 2.06. The molecule has 0 aliphatic rings. The fraction of sp³-hybridized carbons (Fsp3) is 0.500. The van der Waals surface area contributed by atoms with Gasteiger partial charge in [0.25, 0.3) is 0 Å². The molecule has 0 aliphatic heterocycles. The zero-order valence-electron chi connectivity index (χ0n) is 10.7. The van der Waals surface area contributed by atoms with Crippen LogP contribution in [0.5, 0.6) is 0 Å². The van der Waals surface area contributed by atoms with Gasteiger partial charge in [-0.25, -0.2) is 0 Å². The molecule has 0 aromatic heterocycles. The van der Waals surface area contributed by atoms with Crippen molar-refractivity contribution in [3.05, 3.63) is 30.3 Å². The molecule has 0 radical (unpaired) electrons. The van der Waals surface area contributed by atoms with E-state index in [2.05, 4.69) is 13.8 Å². The zero-order chi connectivity index (χ0) is 12.5. The number of nitrogens with zero attached hydrogens (tertiary/aromatic N) is 1. The molecular weight excluding hydrogens is 230 g/mol. The van der Waals surface area contributed by atoms with Crippen molar-refractivity contribution in [2.24, 2.45) is 0 Å². The summed E-state index contributed by atoms with van der Waals surface area (Å²) in [6, 6.07) is 10.1. The van der Waals surface area contributed by atoms with E-state index in [1.165, 1.54) is 0 Å². The smallest absolute Gasteiger partial charge is 0.232 e. The first-order valence-corrected chi connectivity index (χ1v) is 7.22. The number of benzene rings is 1. The van der Waals surface area contributed by atoms with Crippen LogP contribution in [0.2, 0.25) is 0 Å². The first-order chi connectivity index (χ1) is 8.27. The second kappa shape index (κ2) is 8.18. The normalized spacial score (nSPS) is 10.2. The van der Waals surface area contributed by atoms with Crippen LogP contribution in [0.3, 0.4) is 0 Å². The van der Waals surface area contributed by atoms with E-state index in [1.54, 1.807) is 11.8 Å². The minimum Gasteiger partial charge on any atom is -0.342 e. The maximum atomic E-state index is 12.0. The van der Waals surface area contributed by atoms with Crippen LogP contribution >= 0.6 is 11.8 Å². The summed E-state index contributed by atoms with van der Waals surface area (Å²) < 4.78 is 0. The molecule has 0 heterocycles. The Morgan fingerprint density at radius 3 is 2.24 bits per heavy atom. The lowest BCUT2D eigenvalue weighted by atomic mass is 10.3. The van der Waals surface area contributed by atoms with Crippen molar-refractivity contribution in [2.45, 2.75) is 31.6 Å². The summed E-state index contributed by atoms with van der Waals surface area (Å²) in [6.45, 7) is 5.98. The molecule has 0 atom stereocenters. The number of rotatable bonds is 7. The van der Waals surface area contributed by atoms with Gasteiger partial charge < -0.3 is 4.90 Å². The SMILES string of the molecule is CCCN(CCC)C(=O)CSc1ccccc1. The summed E-state index contributed by atoms with van der Waals surface area (Å²) in [4.78, 5) is 15.1. The largest absolute Gasteiger partial charge is 0.342 e. The van der Waals surface area contributed by atoms with Gasteiger partial charge in [-0.1, -0.05) is 32.0 Å². The van der Waals surface area contributed by atoms with E-state index in [1.807, 2.05) is 35.2 Å². The van der Waals surface area contributed by atoms with Crippen molar-refractivity contribution in [2.75, 3.05) is 18.8 Å². The monoisotopic (exact) mass is 251 g/mol. The molecule has 0 saturated carbocycles. The molecule has 0 saturated heterocycles. The number of hydrogen-bond acceptors (Lipinski definition) is 2.